The number of hydrogen-bond donors (Lipinski definition) is 1. The van der Waals surface area contributed by atoms with E-state index in [2.05, 4.69) is 5.32 Å². The first-order valence-electron chi connectivity index (χ1n) is 6.65. The third kappa shape index (κ3) is 3.83. The molecule has 1 N–H and O–H groups in total. The lowest BCUT2D eigenvalue weighted by molar-refractivity contribution is -0.137. The highest BCUT2D eigenvalue weighted by molar-refractivity contribution is 6.05. The molecular formula is C17H14F3NO2. The molecule has 2 radical (unpaired) electrons. The fourth-order valence-electron chi connectivity index (χ4n) is 1.96. The maximum atomic E-state index is 12.8. The fraction of sp³-hybridized carbons (Fsp3) is 0.176. The number of hydrogen-bond acceptors (Lipinski definition) is 2. The molecule has 2 aromatic carbocycles. The molecule has 0 atom stereocenters. The Balaban J connectivity index is 2.34. The van der Waals surface area contributed by atoms with E-state index in [0.717, 1.165) is 23.8 Å². The minimum atomic E-state index is -4.51. The molecule has 0 unspecified atom stereocenters. The van der Waals surface area contributed by atoms with Gasteiger partial charge in [-0.05, 0) is 55.3 Å². The second-order valence-electron chi connectivity index (χ2n) is 4.94. The van der Waals surface area contributed by atoms with Crippen molar-refractivity contribution >= 4 is 11.6 Å². The average Bonchev–Trinajstić information content (AvgIpc) is 2.49. The first kappa shape index (κ1) is 16.9. The van der Waals surface area contributed by atoms with Gasteiger partial charge in [-0.25, -0.2) is 0 Å². The third-order valence-corrected chi connectivity index (χ3v) is 3.32. The van der Waals surface area contributed by atoms with Crippen molar-refractivity contribution in [3.8, 4) is 5.75 Å². The summed E-state index contributed by atoms with van der Waals surface area (Å²) in [4.78, 5) is 12.2. The lowest BCUT2D eigenvalue weighted by Gasteiger charge is -2.14. The molecule has 6 heteroatoms. The van der Waals surface area contributed by atoms with Gasteiger partial charge < -0.3 is 10.1 Å². The van der Waals surface area contributed by atoms with Crippen LogP contribution in [-0.4, -0.2) is 13.0 Å². The smallest absolute Gasteiger partial charge is 0.416 e. The number of aryl methyl sites for hydroxylation is 1. The standard InChI is InChI=1S/C17H14F3NO2/c1-10-4-5-12(8-11(10)2)16(22)21-14-9-13(17(18,19)20)6-7-15(14)23-3/h2,4-9H,1,3H3,(H,21,22). The molecule has 0 aliphatic heterocycles. The molecule has 0 aromatic heterocycles. The Kier molecular flexibility index (Phi) is 4.63. The van der Waals surface area contributed by atoms with E-state index in [9.17, 15) is 18.0 Å². The lowest BCUT2D eigenvalue weighted by Crippen LogP contribution is -2.14. The van der Waals surface area contributed by atoms with E-state index in [-0.39, 0.29) is 17.0 Å². The molecule has 0 aliphatic carbocycles. The minimum absolute atomic E-state index is 0.0635. The van der Waals surface area contributed by atoms with Gasteiger partial charge in [-0.1, -0.05) is 6.07 Å². The second-order valence-corrected chi connectivity index (χ2v) is 4.94. The van der Waals surface area contributed by atoms with Crippen LogP contribution in [0, 0.1) is 13.8 Å². The molecule has 3 nitrogen and oxygen atoms in total. The Morgan fingerprint density at radius 1 is 1.17 bits per heavy atom. The first-order valence-corrected chi connectivity index (χ1v) is 6.65. The van der Waals surface area contributed by atoms with Crippen LogP contribution in [0.25, 0.3) is 0 Å². The van der Waals surface area contributed by atoms with Crippen LogP contribution < -0.4 is 10.1 Å². The molecule has 120 valence electrons. The van der Waals surface area contributed by atoms with Crippen LogP contribution in [0.4, 0.5) is 18.9 Å². The van der Waals surface area contributed by atoms with Crippen molar-refractivity contribution in [2.24, 2.45) is 0 Å². The summed E-state index contributed by atoms with van der Waals surface area (Å²) >= 11 is 0. The zero-order valence-electron chi connectivity index (χ0n) is 12.5. The molecule has 1 amide bonds. The van der Waals surface area contributed by atoms with Crippen molar-refractivity contribution < 1.29 is 22.7 Å². The summed E-state index contributed by atoms with van der Waals surface area (Å²) < 4.78 is 43.4. The SMILES string of the molecule is [CH]c1cc(C(=O)Nc2cc(C(F)(F)F)ccc2OC)ccc1C. The van der Waals surface area contributed by atoms with Crippen molar-refractivity contribution in [2.75, 3.05) is 12.4 Å². The second kappa shape index (κ2) is 6.32. The topological polar surface area (TPSA) is 38.3 Å². The molecule has 0 saturated heterocycles. The summed E-state index contributed by atoms with van der Waals surface area (Å²) in [5.41, 5.74) is 0.530. The van der Waals surface area contributed by atoms with Gasteiger partial charge in [-0.3, -0.25) is 4.79 Å². The zero-order chi connectivity index (χ0) is 17.2. The fourth-order valence-corrected chi connectivity index (χ4v) is 1.96. The van der Waals surface area contributed by atoms with Crippen LogP contribution in [0.3, 0.4) is 0 Å². The Morgan fingerprint density at radius 3 is 2.43 bits per heavy atom. The van der Waals surface area contributed by atoms with Crippen molar-refractivity contribution in [3.05, 3.63) is 65.6 Å². The highest BCUT2D eigenvalue weighted by Gasteiger charge is 2.31. The van der Waals surface area contributed by atoms with Gasteiger partial charge in [0.15, 0.2) is 0 Å². The number of carbonyl (C=O) groups excluding carboxylic acids is 1. The summed E-state index contributed by atoms with van der Waals surface area (Å²) in [5.74, 6) is -0.444. The first-order chi connectivity index (χ1) is 10.7. The van der Waals surface area contributed by atoms with Crippen LogP contribution in [0.15, 0.2) is 36.4 Å². The van der Waals surface area contributed by atoms with Gasteiger partial charge in [0.05, 0.1) is 18.4 Å². The predicted octanol–water partition coefficient (Wildman–Crippen LogP) is 4.33. The number of ether oxygens (including phenoxy) is 1. The summed E-state index contributed by atoms with van der Waals surface area (Å²) in [7, 11) is 1.31. The van der Waals surface area contributed by atoms with Gasteiger partial charge in [0, 0.05) is 5.56 Å². The summed E-state index contributed by atoms with van der Waals surface area (Å²) in [6.07, 6.45) is -4.51. The molecule has 0 bridgehead atoms. The number of amides is 1. The summed E-state index contributed by atoms with van der Waals surface area (Å²) in [6, 6.07) is 7.54. The Labute approximate surface area is 132 Å². The Bertz CT molecular complexity index is 739. The number of alkyl halides is 3. The molecule has 2 aromatic rings. The molecule has 0 fully saturated rings. The van der Waals surface area contributed by atoms with Crippen LogP contribution in [0.1, 0.15) is 27.0 Å². The van der Waals surface area contributed by atoms with Crippen molar-refractivity contribution in [2.45, 2.75) is 13.1 Å². The van der Waals surface area contributed by atoms with Gasteiger partial charge in [-0.2, -0.15) is 13.2 Å². The predicted molar refractivity (Wildman–Crippen MR) is 80.5 cm³/mol. The quantitative estimate of drug-likeness (QED) is 0.913. The van der Waals surface area contributed by atoms with E-state index < -0.39 is 17.6 Å². The number of benzene rings is 2. The Hall–Kier alpha value is -2.50. The third-order valence-electron chi connectivity index (χ3n) is 3.32. The minimum Gasteiger partial charge on any atom is -0.495 e. The van der Waals surface area contributed by atoms with Gasteiger partial charge in [0.25, 0.3) is 5.91 Å². The summed E-state index contributed by atoms with van der Waals surface area (Å²) in [5, 5.41) is 2.42. The number of anilines is 1. The molecule has 0 spiro atoms. The molecular weight excluding hydrogens is 307 g/mol. The molecule has 2 rings (SSSR count). The molecule has 23 heavy (non-hydrogen) atoms. The van der Waals surface area contributed by atoms with E-state index in [0.29, 0.717) is 5.56 Å². The van der Waals surface area contributed by atoms with Crippen LogP contribution in [0.2, 0.25) is 0 Å². The zero-order valence-corrected chi connectivity index (χ0v) is 12.5. The highest BCUT2D eigenvalue weighted by Crippen LogP contribution is 2.35. The summed E-state index contributed by atoms with van der Waals surface area (Å²) in [6.45, 7) is 7.52. The largest absolute Gasteiger partial charge is 0.495 e. The van der Waals surface area contributed by atoms with E-state index in [1.54, 1.807) is 19.1 Å². The molecule has 0 aliphatic rings. The maximum Gasteiger partial charge on any atom is 0.416 e. The van der Waals surface area contributed by atoms with Crippen LogP contribution in [-0.2, 0) is 6.18 Å². The number of nitrogens with one attached hydrogen (secondary N) is 1. The van der Waals surface area contributed by atoms with Crippen LogP contribution >= 0.6 is 0 Å². The average molecular weight is 321 g/mol. The number of halogens is 3. The Morgan fingerprint density at radius 2 is 1.87 bits per heavy atom. The van der Waals surface area contributed by atoms with E-state index in [1.165, 1.54) is 13.2 Å². The van der Waals surface area contributed by atoms with E-state index >= 15 is 0 Å². The van der Waals surface area contributed by atoms with E-state index in [1.807, 2.05) is 0 Å². The van der Waals surface area contributed by atoms with Gasteiger partial charge in [-0.15, -0.1) is 0 Å². The lowest BCUT2D eigenvalue weighted by atomic mass is 10.1. The highest BCUT2D eigenvalue weighted by atomic mass is 19.4. The van der Waals surface area contributed by atoms with Crippen molar-refractivity contribution in [1.29, 1.82) is 0 Å². The van der Waals surface area contributed by atoms with Crippen molar-refractivity contribution in [3.63, 3.8) is 0 Å². The molecule has 0 heterocycles. The number of rotatable bonds is 3. The molecule has 0 saturated carbocycles. The monoisotopic (exact) mass is 321 g/mol. The number of methoxy groups -OCH3 is 1. The van der Waals surface area contributed by atoms with Gasteiger partial charge in [0.1, 0.15) is 5.75 Å². The van der Waals surface area contributed by atoms with E-state index in [4.69, 9.17) is 11.7 Å². The normalized spacial score (nSPS) is 11.2. The number of carbonyl (C=O) groups is 1. The van der Waals surface area contributed by atoms with Gasteiger partial charge in [0.2, 0.25) is 0 Å². The van der Waals surface area contributed by atoms with Gasteiger partial charge >= 0.3 is 6.18 Å². The van der Waals surface area contributed by atoms with Crippen LogP contribution in [0.5, 0.6) is 5.75 Å². The maximum absolute atomic E-state index is 12.8. The van der Waals surface area contributed by atoms with Crippen molar-refractivity contribution in [1.82, 2.24) is 0 Å².